The van der Waals surface area contributed by atoms with Gasteiger partial charge < -0.3 is 25.2 Å². The number of nitrogens with zero attached hydrogens (tertiary/aromatic N) is 1. The first-order valence-corrected chi connectivity index (χ1v) is 9.94. The number of hydrogen-bond donors (Lipinski definition) is 3. The number of rotatable bonds is 11. The number of benzene rings is 2. The molecule has 6 nitrogen and oxygen atoms in total. The minimum absolute atomic E-state index is 0.0137. The summed E-state index contributed by atoms with van der Waals surface area (Å²) in [6, 6.07) is 12.9. The molecule has 0 bridgehead atoms. The number of hydrogen-bond acceptors (Lipinski definition) is 4. The van der Waals surface area contributed by atoms with Crippen molar-refractivity contribution in [1.29, 1.82) is 0 Å². The molecule has 0 aliphatic carbocycles. The highest BCUT2D eigenvalue weighted by Gasteiger charge is 2.10. The van der Waals surface area contributed by atoms with Gasteiger partial charge >= 0.3 is 0 Å². The van der Waals surface area contributed by atoms with Gasteiger partial charge in [-0.1, -0.05) is 30.3 Å². The van der Waals surface area contributed by atoms with Crippen molar-refractivity contribution in [1.82, 2.24) is 10.6 Å². The van der Waals surface area contributed by atoms with E-state index in [0.29, 0.717) is 19.0 Å². The Morgan fingerprint density at radius 2 is 1.90 bits per heavy atom. The molecule has 2 aromatic rings. The average molecular weight is 421 g/mol. The summed E-state index contributed by atoms with van der Waals surface area (Å²) in [6.07, 6.45) is -0.878. The van der Waals surface area contributed by atoms with Crippen molar-refractivity contribution in [2.45, 2.75) is 26.1 Å². The van der Waals surface area contributed by atoms with Gasteiger partial charge in [0.2, 0.25) is 0 Å². The lowest BCUT2D eigenvalue weighted by atomic mass is 10.1. The van der Waals surface area contributed by atoms with Crippen LogP contribution in [0, 0.1) is 11.6 Å². The Bertz CT molecular complexity index is 790. The summed E-state index contributed by atoms with van der Waals surface area (Å²) in [5.41, 5.74) is 1.04. The van der Waals surface area contributed by atoms with Gasteiger partial charge in [-0.25, -0.2) is 8.78 Å². The van der Waals surface area contributed by atoms with Crippen molar-refractivity contribution in [2.24, 2.45) is 4.99 Å². The molecule has 2 unspecified atom stereocenters. The molecule has 0 saturated heterocycles. The van der Waals surface area contributed by atoms with Crippen molar-refractivity contribution < 1.29 is 23.4 Å². The normalized spacial score (nSPS) is 13.6. The Kier molecular flexibility index (Phi) is 10.0. The minimum atomic E-state index is -0.754. The van der Waals surface area contributed by atoms with E-state index in [9.17, 15) is 13.9 Å². The molecule has 0 radical (unpaired) electrons. The van der Waals surface area contributed by atoms with Crippen LogP contribution < -0.4 is 15.4 Å². The third-order valence-electron chi connectivity index (χ3n) is 4.16. The molecule has 0 aromatic heterocycles. The lowest BCUT2D eigenvalue weighted by molar-refractivity contribution is 0.00111. The number of halogens is 2. The Hall–Kier alpha value is -2.71. The van der Waals surface area contributed by atoms with Crippen LogP contribution in [0.1, 0.15) is 25.5 Å². The zero-order valence-electron chi connectivity index (χ0n) is 17.3. The van der Waals surface area contributed by atoms with Crippen LogP contribution in [0.3, 0.4) is 0 Å². The summed E-state index contributed by atoms with van der Waals surface area (Å²) < 4.78 is 37.4. The van der Waals surface area contributed by atoms with E-state index >= 15 is 0 Å². The zero-order chi connectivity index (χ0) is 21.8. The monoisotopic (exact) mass is 421 g/mol. The van der Waals surface area contributed by atoms with E-state index in [-0.39, 0.29) is 31.6 Å². The standard InChI is InChI=1S/C22H29F2N3O3/c1-3-25-22(26-11-12-29-21-10-9-18(23)13-20(21)24)27-14-19(28)15-30-16(2)17-7-5-4-6-8-17/h4-10,13,16,19,28H,3,11-12,14-15H2,1-2H3,(H2,25,26,27). The highest BCUT2D eigenvalue weighted by molar-refractivity contribution is 5.79. The highest BCUT2D eigenvalue weighted by Crippen LogP contribution is 2.17. The molecule has 0 fully saturated rings. The van der Waals surface area contributed by atoms with Crippen LogP contribution in [0.25, 0.3) is 0 Å². The first-order chi connectivity index (χ1) is 14.5. The third kappa shape index (κ3) is 8.34. The molecule has 164 valence electrons. The second-order valence-electron chi connectivity index (χ2n) is 6.61. The smallest absolute Gasteiger partial charge is 0.191 e. The second kappa shape index (κ2) is 12.8. The molecule has 0 amide bonds. The highest BCUT2D eigenvalue weighted by atomic mass is 19.1. The number of aliphatic hydroxyl groups excluding tert-OH is 1. The molecule has 2 aromatic carbocycles. The molecule has 0 heterocycles. The fourth-order valence-corrected chi connectivity index (χ4v) is 2.59. The maximum Gasteiger partial charge on any atom is 0.191 e. The van der Waals surface area contributed by atoms with Crippen LogP contribution in [0.5, 0.6) is 5.75 Å². The van der Waals surface area contributed by atoms with Crippen LogP contribution in [-0.4, -0.2) is 50.0 Å². The van der Waals surface area contributed by atoms with Crippen LogP contribution in [-0.2, 0) is 4.74 Å². The first kappa shape index (κ1) is 23.6. The van der Waals surface area contributed by atoms with E-state index in [1.807, 2.05) is 44.2 Å². The van der Waals surface area contributed by atoms with E-state index in [4.69, 9.17) is 9.47 Å². The topological polar surface area (TPSA) is 75.1 Å². The molecule has 0 aliphatic heterocycles. The Morgan fingerprint density at radius 3 is 2.60 bits per heavy atom. The second-order valence-corrected chi connectivity index (χ2v) is 6.61. The number of aliphatic hydroxyl groups is 1. The molecular formula is C22H29F2N3O3. The number of nitrogens with one attached hydrogen (secondary N) is 2. The number of ether oxygens (including phenoxy) is 2. The summed E-state index contributed by atoms with van der Waals surface area (Å²) in [7, 11) is 0. The van der Waals surface area contributed by atoms with Crippen molar-refractivity contribution in [3.63, 3.8) is 0 Å². The lowest BCUT2D eigenvalue weighted by Gasteiger charge is -2.17. The van der Waals surface area contributed by atoms with Gasteiger partial charge in [-0.2, -0.15) is 0 Å². The van der Waals surface area contributed by atoms with Gasteiger partial charge in [0.15, 0.2) is 17.5 Å². The SMILES string of the molecule is CCNC(=NCC(O)COC(C)c1ccccc1)NCCOc1ccc(F)cc1F. The quantitative estimate of drug-likeness (QED) is 0.295. The van der Waals surface area contributed by atoms with E-state index < -0.39 is 17.7 Å². The van der Waals surface area contributed by atoms with Gasteiger partial charge in [0.25, 0.3) is 0 Å². The summed E-state index contributed by atoms with van der Waals surface area (Å²) in [5, 5.41) is 16.2. The molecule has 0 saturated carbocycles. The van der Waals surface area contributed by atoms with Gasteiger partial charge in [0.05, 0.1) is 31.9 Å². The van der Waals surface area contributed by atoms with Crippen molar-refractivity contribution in [3.8, 4) is 5.75 Å². The predicted molar refractivity (Wildman–Crippen MR) is 113 cm³/mol. The first-order valence-electron chi connectivity index (χ1n) is 9.94. The predicted octanol–water partition coefficient (Wildman–Crippen LogP) is 3.04. The van der Waals surface area contributed by atoms with E-state index in [0.717, 1.165) is 17.7 Å². The van der Waals surface area contributed by atoms with Crippen molar-refractivity contribution >= 4 is 5.96 Å². The summed E-state index contributed by atoms with van der Waals surface area (Å²) in [4.78, 5) is 4.32. The van der Waals surface area contributed by atoms with Crippen molar-refractivity contribution in [3.05, 3.63) is 65.7 Å². The molecular weight excluding hydrogens is 392 g/mol. The molecule has 30 heavy (non-hydrogen) atoms. The van der Waals surface area contributed by atoms with Gasteiger partial charge in [-0.15, -0.1) is 0 Å². The average Bonchev–Trinajstić information content (AvgIpc) is 2.75. The molecule has 2 atom stereocenters. The van der Waals surface area contributed by atoms with E-state index in [2.05, 4.69) is 15.6 Å². The van der Waals surface area contributed by atoms with Crippen LogP contribution in [0.4, 0.5) is 8.78 Å². The number of aliphatic imine (C=N–C) groups is 1. The third-order valence-corrected chi connectivity index (χ3v) is 4.16. The van der Waals surface area contributed by atoms with Gasteiger partial charge in [0, 0.05) is 12.6 Å². The van der Waals surface area contributed by atoms with Crippen molar-refractivity contribution in [2.75, 3.05) is 32.8 Å². The molecule has 2 rings (SSSR count). The van der Waals surface area contributed by atoms with Gasteiger partial charge in [-0.05, 0) is 31.5 Å². The molecule has 0 spiro atoms. The van der Waals surface area contributed by atoms with Crippen LogP contribution in [0.2, 0.25) is 0 Å². The Morgan fingerprint density at radius 1 is 1.13 bits per heavy atom. The number of guanidine groups is 1. The molecule has 8 heteroatoms. The lowest BCUT2D eigenvalue weighted by Crippen LogP contribution is -2.40. The maximum absolute atomic E-state index is 13.5. The summed E-state index contributed by atoms with van der Waals surface area (Å²) in [6.45, 7) is 5.31. The Balaban J connectivity index is 1.73. The summed E-state index contributed by atoms with van der Waals surface area (Å²) in [5.74, 6) is -0.917. The van der Waals surface area contributed by atoms with E-state index in [1.165, 1.54) is 6.07 Å². The maximum atomic E-state index is 13.5. The molecule has 0 aliphatic rings. The summed E-state index contributed by atoms with van der Waals surface area (Å²) >= 11 is 0. The fourth-order valence-electron chi connectivity index (χ4n) is 2.59. The Labute approximate surface area is 175 Å². The zero-order valence-corrected chi connectivity index (χ0v) is 17.3. The largest absolute Gasteiger partial charge is 0.489 e. The minimum Gasteiger partial charge on any atom is -0.489 e. The van der Waals surface area contributed by atoms with Gasteiger partial charge in [-0.3, -0.25) is 4.99 Å². The van der Waals surface area contributed by atoms with Crippen LogP contribution >= 0.6 is 0 Å². The van der Waals surface area contributed by atoms with E-state index in [1.54, 1.807) is 0 Å². The van der Waals surface area contributed by atoms with Gasteiger partial charge in [0.1, 0.15) is 12.4 Å². The fraction of sp³-hybridized carbons (Fsp3) is 0.409. The molecule has 3 N–H and O–H groups in total. The van der Waals surface area contributed by atoms with Crippen LogP contribution in [0.15, 0.2) is 53.5 Å².